The van der Waals surface area contributed by atoms with Crippen LogP contribution in [0.3, 0.4) is 0 Å². The molecule has 1 aromatic heterocycles. The molecule has 158 valence electrons. The van der Waals surface area contributed by atoms with Gasteiger partial charge in [0.05, 0.1) is 30.6 Å². The molecule has 1 N–H and O–H groups in total. The largest absolute Gasteiger partial charge is 0.469 e. The first kappa shape index (κ1) is 21.0. The molecule has 30 heavy (non-hydrogen) atoms. The first-order chi connectivity index (χ1) is 14.4. The van der Waals surface area contributed by atoms with E-state index in [2.05, 4.69) is 20.0 Å². The van der Waals surface area contributed by atoms with E-state index in [0.29, 0.717) is 37.2 Å². The molecule has 11 heteroatoms. The van der Waals surface area contributed by atoms with Crippen LogP contribution in [0.5, 0.6) is 0 Å². The number of ether oxygens (including phenoxy) is 2. The van der Waals surface area contributed by atoms with Gasteiger partial charge in [0.15, 0.2) is 0 Å². The van der Waals surface area contributed by atoms with E-state index in [9.17, 15) is 19.7 Å². The third kappa shape index (κ3) is 4.45. The van der Waals surface area contributed by atoms with Crippen LogP contribution in [-0.2, 0) is 14.3 Å². The second-order valence-electron chi connectivity index (χ2n) is 6.63. The van der Waals surface area contributed by atoms with Crippen LogP contribution in [-0.4, -0.2) is 54.1 Å². The van der Waals surface area contributed by atoms with Gasteiger partial charge in [-0.2, -0.15) is 0 Å². The fourth-order valence-electron chi connectivity index (χ4n) is 3.30. The van der Waals surface area contributed by atoms with Gasteiger partial charge in [-0.25, -0.2) is 14.8 Å². The first-order valence-corrected chi connectivity index (χ1v) is 9.22. The Bertz CT molecular complexity index is 941. The highest BCUT2D eigenvalue weighted by atomic mass is 16.6. The molecule has 1 aromatic carbocycles. The van der Waals surface area contributed by atoms with Crippen LogP contribution < -0.4 is 10.2 Å². The van der Waals surface area contributed by atoms with Crippen LogP contribution in [0.25, 0.3) is 0 Å². The summed E-state index contributed by atoms with van der Waals surface area (Å²) in [5, 5.41) is 14.7. The van der Waals surface area contributed by atoms with Crippen molar-refractivity contribution in [1.29, 1.82) is 0 Å². The normalized spacial score (nSPS) is 14.1. The maximum Gasteiger partial charge on any atom is 0.353 e. The summed E-state index contributed by atoms with van der Waals surface area (Å²) in [6.45, 7) is 0.871. The summed E-state index contributed by atoms with van der Waals surface area (Å²) in [6, 6.07) is 6.28. The Kier molecular flexibility index (Phi) is 6.40. The number of piperidine rings is 1. The number of benzene rings is 1. The number of nitro groups is 1. The molecule has 0 aliphatic carbocycles. The van der Waals surface area contributed by atoms with E-state index in [4.69, 9.17) is 4.74 Å². The van der Waals surface area contributed by atoms with Crippen LogP contribution in [0.1, 0.15) is 23.2 Å². The maximum atomic E-state index is 11.8. The monoisotopic (exact) mass is 415 g/mol. The van der Waals surface area contributed by atoms with Gasteiger partial charge in [0, 0.05) is 18.8 Å². The van der Waals surface area contributed by atoms with Gasteiger partial charge in [0.25, 0.3) is 0 Å². The lowest BCUT2D eigenvalue weighted by atomic mass is 9.97. The van der Waals surface area contributed by atoms with Crippen LogP contribution in [0.4, 0.5) is 23.0 Å². The number of hydrogen-bond acceptors (Lipinski definition) is 10. The Hall–Kier alpha value is -3.76. The third-order valence-corrected chi connectivity index (χ3v) is 4.88. The van der Waals surface area contributed by atoms with E-state index in [0.717, 1.165) is 0 Å². The smallest absolute Gasteiger partial charge is 0.353 e. The topological polar surface area (TPSA) is 137 Å². The third-order valence-electron chi connectivity index (χ3n) is 4.88. The van der Waals surface area contributed by atoms with E-state index in [1.54, 1.807) is 29.2 Å². The summed E-state index contributed by atoms with van der Waals surface area (Å²) >= 11 is 0. The summed E-state index contributed by atoms with van der Waals surface area (Å²) in [7, 11) is 2.63. The fraction of sp³-hybridized carbons (Fsp3) is 0.368. The highest BCUT2D eigenvalue weighted by Crippen LogP contribution is 2.35. The molecule has 11 nitrogen and oxygen atoms in total. The summed E-state index contributed by atoms with van der Waals surface area (Å²) in [6.07, 6.45) is 2.29. The van der Waals surface area contributed by atoms with Gasteiger partial charge in [-0.3, -0.25) is 14.9 Å². The SMILES string of the molecule is COC(=O)c1ccc(Nc2ncnc(N3CCC(C(=O)OC)CC3)c2[N+](=O)[O-])cc1. The standard InChI is InChI=1S/C19H21N5O6/c1-29-18(25)12-3-5-14(6-4-12)22-16-15(24(27)28)17(21-11-20-16)23-9-7-13(8-10-23)19(26)30-2/h3-6,11,13H,7-10H2,1-2H3,(H,20,21,22). The van der Waals surface area contributed by atoms with E-state index >= 15 is 0 Å². The minimum absolute atomic E-state index is 0.0332. The highest BCUT2D eigenvalue weighted by molar-refractivity contribution is 5.90. The second kappa shape index (κ2) is 9.16. The average molecular weight is 415 g/mol. The van der Waals surface area contributed by atoms with Gasteiger partial charge in [-0.15, -0.1) is 0 Å². The molecule has 0 saturated carbocycles. The minimum Gasteiger partial charge on any atom is -0.469 e. The molecule has 2 heterocycles. The van der Waals surface area contributed by atoms with Crippen LogP contribution in [0.15, 0.2) is 30.6 Å². The predicted molar refractivity (Wildman–Crippen MR) is 107 cm³/mol. The molecule has 3 rings (SSSR count). The molecule has 2 aromatic rings. The molecular formula is C19H21N5O6. The number of nitrogens with one attached hydrogen (secondary N) is 1. The molecular weight excluding hydrogens is 394 g/mol. The summed E-state index contributed by atoms with van der Waals surface area (Å²) < 4.78 is 9.43. The molecule has 0 atom stereocenters. The predicted octanol–water partition coefficient (Wildman–Crippen LogP) is 2.30. The molecule has 1 aliphatic heterocycles. The van der Waals surface area contributed by atoms with E-state index in [1.807, 2.05) is 0 Å². The lowest BCUT2D eigenvalue weighted by molar-refractivity contribution is -0.383. The summed E-state index contributed by atoms with van der Waals surface area (Å²) in [4.78, 5) is 44.4. The van der Waals surface area contributed by atoms with Crippen molar-refractivity contribution >= 4 is 34.9 Å². The van der Waals surface area contributed by atoms with E-state index in [-0.39, 0.29) is 29.2 Å². The Balaban J connectivity index is 1.82. The zero-order chi connectivity index (χ0) is 21.7. The number of aromatic nitrogens is 2. The maximum absolute atomic E-state index is 11.8. The lowest BCUT2D eigenvalue weighted by Gasteiger charge is -2.31. The molecule has 0 unspecified atom stereocenters. The van der Waals surface area contributed by atoms with Crippen molar-refractivity contribution in [2.75, 3.05) is 37.5 Å². The van der Waals surface area contributed by atoms with Crippen molar-refractivity contribution in [1.82, 2.24) is 9.97 Å². The molecule has 1 fully saturated rings. The zero-order valence-corrected chi connectivity index (χ0v) is 16.5. The lowest BCUT2D eigenvalue weighted by Crippen LogP contribution is -2.37. The quantitative estimate of drug-likeness (QED) is 0.425. The van der Waals surface area contributed by atoms with Crippen molar-refractivity contribution in [3.8, 4) is 0 Å². The van der Waals surface area contributed by atoms with Crippen LogP contribution >= 0.6 is 0 Å². The van der Waals surface area contributed by atoms with Gasteiger partial charge in [0.2, 0.25) is 11.6 Å². The van der Waals surface area contributed by atoms with Crippen LogP contribution in [0.2, 0.25) is 0 Å². The number of anilines is 3. The second-order valence-corrected chi connectivity index (χ2v) is 6.63. The van der Waals surface area contributed by atoms with E-state index < -0.39 is 10.9 Å². The van der Waals surface area contributed by atoms with Gasteiger partial charge in [0.1, 0.15) is 6.33 Å². The Morgan fingerprint density at radius 2 is 1.80 bits per heavy atom. The molecule has 0 amide bonds. The Morgan fingerprint density at radius 3 is 2.37 bits per heavy atom. The number of carbonyl (C=O) groups is 2. The number of carbonyl (C=O) groups excluding carboxylic acids is 2. The van der Waals surface area contributed by atoms with Gasteiger partial charge < -0.3 is 19.7 Å². The van der Waals surface area contributed by atoms with Crippen molar-refractivity contribution in [3.05, 3.63) is 46.3 Å². The van der Waals surface area contributed by atoms with Crippen molar-refractivity contribution < 1.29 is 24.0 Å². The van der Waals surface area contributed by atoms with Gasteiger partial charge in [-0.1, -0.05) is 0 Å². The summed E-state index contributed by atoms with van der Waals surface area (Å²) in [5.41, 5.74) is 0.611. The molecule has 0 spiro atoms. The van der Waals surface area contributed by atoms with Crippen molar-refractivity contribution in [2.45, 2.75) is 12.8 Å². The van der Waals surface area contributed by atoms with Crippen molar-refractivity contribution in [2.24, 2.45) is 5.92 Å². The highest BCUT2D eigenvalue weighted by Gasteiger charge is 2.32. The number of hydrogen-bond donors (Lipinski definition) is 1. The van der Waals surface area contributed by atoms with Gasteiger partial charge >= 0.3 is 17.6 Å². The first-order valence-electron chi connectivity index (χ1n) is 9.22. The van der Waals surface area contributed by atoms with Gasteiger partial charge in [-0.05, 0) is 37.1 Å². The number of rotatable bonds is 6. The van der Waals surface area contributed by atoms with Crippen LogP contribution in [0, 0.1) is 16.0 Å². The molecule has 1 saturated heterocycles. The number of methoxy groups -OCH3 is 2. The number of nitrogens with zero attached hydrogens (tertiary/aromatic N) is 4. The zero-order valence-electron chi connectivity index (χ0n) is 16.5. The van der Waals surface area contributed by atoms with E-state index in [1.165, 1.54) is 20.5 Å². The molecule has 1 aliphatic rings. The Morgan fingerprint density at radius 1 is 1.13 bits per heavy atom. The average Bonchev–Trinajstić information content (AvgIpc) is 2.78. The summed E-state index contributed by atoms with van der Waals surface area (Å²) in [5.74, 6) is -0.757. The molecule has 0 radical (unpaired) electrons. The number of esters is 2. The molecule has 0 bridgehead atoms. The Labute approximate surface area is 172 Å². The fourth-order valence-corrected chi connectivity index (χ4v) is 3.30. The van der Waals surface area contributed by atoms with Crippen molar-refractivity contribution in [3.63, 3.8) is 0 Å². The minimum atomic E-state index is -0.535.